The molecule has 2 heterocycles. The average Bonchev–Trinajstić information content (AvgIpc) is 2.30. The first-order valence-corrected chi connectivity index (χ1v) is 4.87. The predicted octanol–water partition coefficient (Wildman–Crippen LogP) is 1.78. The van der Waals surface area contributed by atoms with Crippen LogP contribution in [0.3, 0.4) is 0 Å². The summed E-state index contributed by atoms with van der Waals surface area (Å²) in [7, 11) is 1.53. The number of ether oxygens (including phenoxy) is 1. The van der Waals surface area contributed by atoms with E-state index in [9.17, 15) is 0 Å². The lowest BCUT2D eigenvalue weighted by Crippen LogP contribution is -1.96. The smallest absolute Gasteiger partial charge is 0.213 e. The summed E-state index contributed by atoms with van der Waals surface area (Å²) in [5.74, 6) is 1.29. The number of nitrogens with zero attached hydrogens (tertiary/aromatic N) is 3. The van der Waals surface area contributed by atoms with Crippen LogP contribution in [-0.4, -0.2) is 22.1 Å². The molecule has 82 valence electrons. The van der Waals surface area contributed by atoms with E-state index in [1.165, 1.54) is 13.3 Å². The molecule has 0 aliphatic rings. The number of rotatable bonds is 2. The Hall–Kier alpha value is -1.88. The summed E-state index contributed by atoms with van der Waals surface area (Å²) >= 11 is 6.00. The standard InChI is InChI=1S/C10H9ClN4O/c1-16-9-4-6(7(11)5-14-9)10-13-3-2-8(12)15-10/h2-5H,1H3,(H2,12,13,15). The van der Waals surface area contributed by atoms with Gasteiger partial charge in [-0.05, 0) is 6.07 Å². The van der Waals surface area contributed by atoms with Crippen LogP contribution in [0.25, 0.3) is 11.4 Å². The Kier molecular flexibility index (Phi) is 2.87. The lowest BCUT2D eigenvalue weighted by Gasteiger charge is -2.05. The van der Waals surface area contributed by atoms with Crippen LogP contribution in [0.15, 0.2) is 24.5 Å². The minimum atomic E-state index is 0.386. The van der Waals surface area contributed by atoms with Gasteiger partial charge in [-0.3, -0.25) is 0 Å². The molecule has 6 heteroatoms. The fourth-order valence-corrected chi connectivity index (χ4v) is 1.39. The molecule has 0 saturated heterocycles. The molecule has 0 fully saturated rings. The Bertz CT molecular complexity index is 518. The van der Waals surface area contributed by atoms with Gasteiger partial charge in [-0.2, -0.15) is 0 Å². The lowest BCUT2D eigenvalue weighted by molar-refractivity contribution is 0.398. The summed E-state index contributed by atoms with van der Waals surface area (Å²) in [6, 6.07) is 3.27. The number of nitrogen functional groups attached to an aromatic ring is 1. The van der Waals surface area contributed by atoms with Crippen molar-refractivity contribution in [3.63, 3.8) is 0 Å². The molecule has 0 atom stereocenters. The normalized spacial score (nSPS) is 10.1. The zero-order chi connectivity index (χ0) is 11.5. The molecule has 0 aliphatic heterocycles. The van der Waals surface area contributed by atoms with Crippen LogP contribution < -0.4 is 10.5 Å². The van der Waals surface area contributed by atoms with Gasteiger partial charge in [-0.15, -0.1) is 0 Å². The SMILES string of the molecule is COc1cc(-c2nccc(N)n2)c(Cl)cn1. The van der Waals surface area contributed by atoms with E-state index in [-0.39, 0.29) is 0 Å². The number of methoxy groups -OCH3 is 1. The first kappa shape index (κ1) is 10.6. The van der Waals surface area contributed by atoms with Crippen molar-refractivity contribution in [2.45, 2.75) is 0 Å². The number of aromatic nitrogens is 3. The van der Waals surface area contributed by atoms with Crippen LogP contribution in [0.4, 0.5) is 5.82 Å². The Balaban J connectivity index is 2.54. The molecule has 0 saturated carbocycles. The summed E-state index contributed by atoms with van der Waals surface area (Å²) < 4.78 is 5.01. The van der Waals surface area contributed by atoms with Crippen LogP contribution in [0.1, 0.15) is 0 Å². The Morgan fingerprint density at radius 1 is 1.38 bits per heavy atom. The molecule has 5 nitrogen and oxygen atoms in total. The first-order chi connectivity index (χ1) is 7.70. The molecule has 2 aromatic rings. The van der Waals surface area contributed by atoms with Crippen LogP contribution in [-0.2, 0) is 0 Å². The maximum atomic E-state index is 6.00. The van der Waals surface area contributed by atoms with E-state index in [1.807, 2.05) is 0 Å². The molecule has 2 rings (SSSR count). The molecular weight excluding hydrogens is 228 g/mol. The highest BCUT2D eigenvalue weighted by atomic mass is 35.5. The highest BCUT2D eigenvalue weighted by Gasteiger charge is 2.09. The van der Waals surface area contributed by atoms with Crippen molar-refractivity contribution in [3.05, 3.63) is 29.5 Å². The molecule has 0 amide bonds. The highest BCUT2D eigenvalue weighted by Crippen LogP contribution is 2.27. The molecule has 0 aromatic carbocycles. The number of halogens is 1. The summed E-state index contributed by atoms with van der Waals surface area (Å²) in [5.41, 5.74) is 6.22. The van der Waals surface area contributed by atoms with E-state index in [0.29, 0.717) is 28.1 Å². The molecule has 0 aliphatic carbocycles. The second kappa shape index (κ2) is 4.32. The zero-order valence-corrected chi connectivity index (χ0v) is 9.27. The quantitative estimate of drug-likeness (QED) is 0.860. The van der Waals surface area contributed by atoms with Crippen molar-refractivity contribution in [3.8, 4) is 17.3 Å². The van der Waals surface area contributed by atoms with E-state index in [4.69, 9.17) is 22.1 Å². The van der Waals surface area contributed by atoms with Gasteiger partial charge in [0.25, 0.3) is 0 Å². The van der Waals surface area contributed by atoms with Gasteiger partial charge in [-0.1, -0.05) is 11.6 Å². The fourth-order valence-electron chi connectivity index (χ4n) is 1.20. The van der Waals surface area contributed by atoms with Crippen molar-refractivity contribution in [2.75, 3.05) is 12.8 Å². The van der Waals surface area contributed by atoms with Crippen molar-refractivity contribution in [1.29, 1.82) is 0 Å². The Labute approximate surface area is 97.3 Å². The molecule has 2 aromatic heterocycles. The zero-order valence-electron chi connectivity index (χ0n) is 8.51. The Morgan fingerprint density at radius 3 is 2.88 bits per heavy atom. The summed E-state index contributed by atoms with van der Waals surface area (Å²) in [4.78, 5) is 12.1. The van der Waals surface area contributed by atoms with Gasteiger partial charge in [0.05, 0.1) is 18.3 Å². The predicted molar refractivity (Wildman–Crippen MR) is 61.2 cm³/mol. The van der Waals surface area contributed by atoms with Crippen molar-refractivity contribution < 1.29 is 4.74 Å². The maximum Gasteiger partial charge on any atom is 0.213 e. The number of pyridine rings is 1. The van der Waals surface area contributed by atoms with Crippen LogP contribution in [0.5, 0.6) is 5.88 Å². The Morgan fingerprint density at radius 2 is 2.19 bits per heavy atom. The van der Waals surface area contributed by atoms with E-state index in [0.717, 1.165) is 0 Å². The third-order valence-electron chi connectivity index (χ3n) is 1.96. The second-order valence-corrected chi connectivity index (χ2v) is 3.42. The third kappa shape index (κ3) is 2.04. The van der Waals surface area contributed by atoms with E-state index in [1.54, 1.807) is 18.3 Å². The first-order valence-electron chi connectivity index (χ1n) is 4.49. The minimum absolute atomic E-state index is 0.386. The molecule has 2 N–H and O–H groups in total. The number of nitrogens with two attached hydrogens (primary N) is 1. The van der Waals surface area contributed by atoms with Gasteiger partial charge in [0.15, 0.2) is 5.82 Å². The number of hydrogen-bond acceptors (Lipinski definition) is 5. The monoisotopic (exact) mass is 236 g/mol. The summed E-state index contributed by atoms with van der Waals surface area (Å²) in [5, 5.41) is 0.450. The van der Waals surface area contributed by atoms with Crippen molar-refractivity contribution in [2.24, 2.45) is 0 Å². The highest BCUT2D eigenvalue weighted by molar-refractivity contribution is 6.33. The van der Waals surface area contributed by atoms with Gasteiger partial charge in [0, 0.05) is 17.8 Å². The van der Waals surface area contributed by atoms with Crippen molar-refractivity contribution >= 4 is 17.4 Å². The lowest BCUT2D eigenvalue weighted by atomic mass is 10.2. The average molecular weight is 237 g/mol. The molecule has 0 spiro atoms. The van der Waals surface area contributed by atoms with E-state index < -0.39 is 0 Å². The molecule has 0 unspecified atom stereocenters. The van der Waals surface area contributed by atoms with Crippen LogP contribution in [0, 0.1) is 0 Å². The fraction of sp³-hybridized carbons (Fsp3) is 0.100. The van der Waals surface area contributed by atoms with Gasteiger partial charge < -0.3 is 10.5 Å². The topological polar surface area (TPSA) is 73.9 Å². The van der Waals surface area contributed by atoms with E-state index >= 15 is 0 Å². The molecule has 0 radical (unpaired) electrons. The number of hydrogen-bond donors (Lipinski definition) is 1. The van der Waals surface area contributed by atoms with Gasteiger partial charge in [-0.25, -0.2) is 15.0 Å². The van der Waals surface area contributed by atoms with Crippen LogP contribution >= 0.6 is 11.6 Å². The molecule has 16 heavy (non-hydrogen) atoms. The van der Waals surface area contributed by atoms with E-state index in [2.05, 4.69) is 15.0 Å². The van der Waals surface area contributed by atoms with Gasteiger partial charge >= 0.3 is 0 Å². The minimum Gasteiger partial charge on any atom is -0.481 e. The maximum absolute atomic E-state index is 6.00. The number of anilines is 1. The van der Waals surface area contributed by atoms with Gasteiger partial charge in [0.2, 0.25) is 5.88 Å². The van der Waals surface area contributed by atoms with Gasteiger partial charge in [0.1, 0.15) is 5.82 Å². The summed E-state index contributed by atoms with van der Waals surface area (Å²) in [6.07, 6.45) is 3.06. The third-order valence-corrected chi connectivity index (χ3v) is 2.26. The largest absolute Gasteiger partial charge is 0.481 e. The van der Waals surface area contributed by atoms with Crippen molar-refractivity contribution in [1.82, 2.24) is 15.0 Å². The second-order valence-electron chi connectivity index (χ2n) is 3.01. The molecule has 0 bridgehead atoms. The van der Waals surface area contributed by atoms with Crippen LogP contribution in [0.2, 0.25) is 5.02 Å². The summed E-state index contributed by atoms with van der Waals surface area (Å²) in [6.45, 7) is 0. The molecular formula is C10H9ClN4O.